The molecule has 1 N–H and O–H groups in total. The average Bonchev–Trinajstić information content (AvgIpc) is 2.43. The highest BCUT2D eigenvalue weighted by Crippen LogP contribution is 2.30. The van der Waals surface area contributed by atoms with Crippen LogP contribution >= 0.6 is 15.9 Å². The second-order valence-corrected chi connectivity index (χ2v) is 6.36. The highest BCUT2D eigenvalue weighted by molar-refractivity contribution is 9.10. The Labute approximate surface area is 135 Å². The summed E-state index contributed by atoms with van der Waals surface area (Å²) in [6.07, 6.45) is 0. The Kier molecular flexibility index (Phi) is 4.94. The third-order valence-electron chi connectivity index (χ3n) is 3.88. The molecule has 2 aromatic carbocycles. The topological polar surface area (TPSA) is 21.3 Å². The predicted octanol–water partition coefficient (Wildman–Crippen LogP) is 5.56. The zero-order valence-corrected chi connectivity index (χ0v) is 14.8. The monoisotopic (exact) mass is 347 g/mol. The van der Waals surface area contributed by atoms with Crippen molar-refractivity contribution >= 4 is 21.6 Å². The molecule has 0 saturated heterocycles. The maximum atomic E-state index is 5.26. The third kappa shape index (κ3) is 3.59. The molecule has 0 bridgehead atoms. The highest BCUT2D eigenvalue weighted by atomic mass is 79.9. The van der Waals surface area contributed by atoms with E-state index in [0.717, 1.165) is 15.9 Å². The molecule has 2 rings (SSSR count). The van der Waals surface area contributed by atoms with Gasteiger partial charge >= 0.3 is 0 Å². The second-order valence-electron chi connectivity index (χ2n) is 5.51. The smallest absolute Gasteiger partial charge is 0.133 e. The first-order chi connectivity index (χ1) is 9.92. The number of hydrogen-bond donors (Lipinski definition) is 1. The minimum absolute atomic E-state index is 0.254. The minimum atomic E-state index is 0.254. The summed E-state index contributed by atoms with van der Waals surface area (Å²) in [5.74, 6) is 0.843. The van der Waals surface area contributed by atoms with Gasteiger partial charge in [-0.05, 0) is 84.1 Å². The van der Waals surface area contributed by atoms with E-state index in [1.807, 2.05) is 18.2 Å². The van der Waals surface area contributed by atoms with Gasteiger partial charge < -0.3 is 10.1 Å². The Hall–Kier alpha value is -1.48. The quantitative estimate of drug-likeness (QED) is 0.781. The molecule has 21 heavy (non-hydrogen) atoms. The molecule has 2 nitrogen and oxygen atoms in total. The van der Waals surface area contributed by atoms with Crippen molar-refractivity contribution in [2.75, 3.05) is 12.4 Å². The van der Waals surface area contributed by atoms with E-state index in [4.69, 9.17) is 4.74 Å². The van der Waals surface area contributed by atoms with E-state index >= 15 is 0 Å². The molecule has 3 heteroatoms. The zero-order chi connectivity index (χ0) is 15.6. The lowest BCUT2D eigenvalue weighted by Crippen LogP contribution is -2.09. The first-order valence-electron chi connectivity index (χ1n) is 7.10. The van der Waals surface area contributed by atoms with Gasteiger partial charge in [-0.15, -0.1) is 0 Å². The first kappa shape index (κ1) is 15.9. The molecule has 0 radical (unpaired) electrons. The lowest BCUT2D eigenvalue weighted by atomic mass is 9.96. The van der Waals surface area contributed by atoms with E-state index < -0.39 is 0 Å². The largest absolute Gasteiger partial charge is 0.496 e. The van der Waals surface area contributed by atoms with Gasteiger partial charge in [-0.1, -0.05) is 12.1 Å². The molecule has 0 aliphatic rings. The molecule has 0 spiro atoms. The normalized spacial score (nSPS) is 12.1. The summed E-state index contributed by atoms with van der Waals surface area (Å²) in [6, 6.07) is 10.8. The summed E-state index contributed by atoms with van der Waals surface area (Å²) in [6.45, 7) is 8.68. The number of benzene rings is 2. The van der Waals surface area contributed by atoms with Crippen LogP contribution in [0.5, 0.6) is 5.75 Å². The molecular weight excluding hydrogens is 326 g/mol. The summed E-state index contributed by atoms with van der Waals surface area (Å²) < 4.78 is 6.22. The summed E-state index contributed by atoms with van der Waals surface area (Å²) in [5.41, 5.74) is 6.42. The number of halogens is 1. The van der Waals surface area contributed by atoms with E-state index in [1.54, 1.807) is 7.11 Å². The molecule has 0 amide bonds. The van der Waals surface area contributed by atoms with Crippen LogP contribution in [0.2, 0.25) is 0 Å². The van der Waals surface area contributed by atoms with Gasteiger partial charge in [0.2, 0.25) is 0 Å². The summed E-state index contributed by atoms with van der Waals surface area (Å²) in [4.78, 5) is 0. The van der Waals surface area contributed by atoms with Gasteiger partial charge in [-0.2, -0.15) is 0 Å². The van der Waals surface area contributed by atoms with Crippen LogP contribution in [-0.2, 0) is 0 Å². The third-order valence-corrected chi connectivity index (χ3v) is 4.50. The average molecular weight is 348 g/mol. The fourth-order valence-corrected chi connectivity index (χ4v) is 3.07. The molecule has 1 atom stereocenters. The maximum absolute atomic E-state index is 5.26. The number of rotatable bonds is 4. The van der Waals surface area contributed by atoms with Crippen molar-refractivity contribution in [3.8, 4) is 5.75 Å². The van der Waals surface area contributed by atoms with Gasteiger partial charge in [0, 0.05) is 11.7 Å². The molecule has 0 aromatic heterocycles. The minimum Gasteiger partial charge on any atom is -0.496 e. The number of ether oxygens (including phenoxy) is 1. The van der Waals surface area contributed by atoms with Gasteiger partial charge in [0.05, 0.1) is 11.6 Å². The van der Waals surface area contributed by atoms with Gasteiger partial charge in [0.15, 0.2) is 0 Å². The zero-order valence-electron chi connectivity index (χ0n) is 13.3. The van der Waals surface area contributed by atoms with E-state index in [1.165, 1.54) is 22.3 Å². The van der Waals surface area contributed by atoms with Crippen LogP contribution in [0.1, 0.15) is 35.2 Å². The Balaban J connectivity index is 2.23. The van der Waals surface area contributed by atoms with Crippen molar-refractivity contribution in [1.82, 2.24) is 0 Å². The molecule has 1 unspecified atom stereocenters. The number of nitrogens with one attached hydrogen (secondary N) is 1. The van der Waals surface area contributed by atoms with Crippen LogP contribution in [0.25, 0.3) is 0 Å². The first-order valence-corrected chi connectivity index (χ1v) is 7.89. The fraction of sp³-hybridized carbons (Fsp3) is 0.333. The molecular formula is C18H22BrNO. The van der Waals surface area contributed by atoms with Gasteiger partial charge in [-0.25, -0.2) is 0 Å². The standard InChI is InChI=1S/C18H22BrNO/c1-11-8-13(3)16(9-12(11)2)14(4)20-15-6-7-18(21-5)17(19)10-15/h6-10,14,20H,1-5H3. The van der Waals surface area contributed by atoms with Crippen molar-refractivity contribution in [1.29, 1.82) is 0 Å². The van der Waals surface area contributed by atoms with Crippen LogP contribution < -0.4 is 10.1 Å². The number of aryl methyl sites for hydroxylation is 3. The summed E-state index contributed by atoms with van der Waals surface area (Å²) >= 11 is 3.52. The van der Waals surface area contributed by atoms with Crippen molar-refractivity contribution in [2.24, 2.45) is 0 Å². The Morgan fingerprint density at radius 3 is 2.29 bits per heavy atom. The second kappa shape index (κ2) is 6.52. The molecule has 0 aliphatic carbocycles. The van der Waals surface area contributed by atoms with Gasteiger partial charge in [-0.3, -0.25) is 0 Å². The Morgan fingerprint density at radius 1 is 1.00 bits per heavy atom. The van der Waals surface area contributed by atoms with E-state index in [2.05, 4.69) is 61.1 Å². The van der Waals surface area contributed by atoms with Crippen LogP contribution in [-0.4, -0.2) is 7.11 Å². The molecule has 0 aliphatic heterocycles. The molecule has 0 heterocycles. The van der Waals surface area contributed by atoms with Gasteiger partial charge in [0.1, 0.15) is 5.75 Å². The fourth-order valence-electron chi connectivity index (χ4n) is 2.53. The Bertz CT molecular complexity index is 652. The maximum Gasteiger partial charge on any atom is 0.133 e. The van der Waals surface area contributed by atoms with E-state index in [-0.39, 0.29) is 6.04 Å². The van der Waals surface area contributed by atoms with E-state index in [0.29, 0.717) is 0 Å². The van der Waals surface area contributed by atoms with Crippen molar-refractivity contribution in [3.63, 3.8) is 0 Å². The lowest BCUT2D eigenvalue weighted by Gasteiger charge is -2.20. The predicted molar refractivity (Wildman–Crippen MR) is 93.4 cm³/mol. The highest BCUT2D eigenvalue weighted by Gasteiger charge is 2.11. The van der Waals surface area contributed by atoms with Crippen molar-refractivity contribution in [2.45, 2.75) is 33.7 Å². The van der Waals surface area contributed by atoms with Crippen molar-refractivity contribution in [3.05, 3.63) is 57.1 Å². The van der Waals surface area contributed by atoms with Crippen LogP contribution in [0.15, 0.2) is 34.8 Å². The molecule has 0 fully saturated rings. The lowest BCUT2D eigenvalue weighted by molar-refractivity contribution is 0.412. The molecule has 2 aromatic rings. The SMILES string of the molecule is COc1ccc(NC(C)c2cc(C)c(C)cc2C)cc1Br. The van der Waals surface area contributed by atoms with Crippen LogP contribution in [0.3, 0.4) is 0 Å². The van der Waals surface area contributed by atoms with Crippen molar-refractivity contribution < 1.29 is 4.74 Å². The number of methoxy groups -OCH3 is 1. The Morgan fingerprint density at radius 2 is 1.67 bits per heavy atom. The van der Waals surface area contributed by atoms with Crippen LogP contribution in [0.4, 0.5) is 5.69 Å². The van der Waals surface area contributed by atoms with E-state index in [9.17, 15) is 0 Å². The number of anilines is 1. The molecule has 0 saturated carbocycles. The van der Waals surface area contributed by atoms with Gasteiger partial charge in [0.25, 0.3) is 0 Å². The summed E-state index contributed by atoms with van der Waals surface area (Å²) in [5, 5.41) is 3.55. The summed E-state index contributed by atoms with van der Waals surface area (Å²) in [7, 11) is 1.67. The molecule has 112 valence electrons. The number of hydrogen-bond acceptors (Lipinski definition) is 2. The van der Waals surface area contributed by atoms with Crippen LogP contribution in [0, 0.1) is 20.8 Å².